The van der Waals surface area contributed by atoms with Crippen molar-refractivity contribution < 1.29 is 19.1 Å². The van der Waals surface area contributed by atoms with Crippen molar-refractivity contribution in [1.82, 2.24) is 4.90 Å². The van der Waals surface area contributed by atoms with E-state index in [2.05, 4.69) is 20.7 Å². The number of carbonyl (C=O) groups is 2. The van der Waals surface area contributed by atoms with Gasteiger partial charge in [0.15, 0.2) is 0 Å². The lowest BCUT2D eigenvalue weighted by Crippen LogP contribution is -2.42. The molecule has 1 unspecified atom stereocenters. The summed E-state index contributed by atoms with van der Waals surface area (Å²) in [4.78, 5) is 25.9. The van der Waals surface area contributed by atoms with Gasteiger partial charge in [-0.3, -0.25) is 9.69 Å². The van der Waals surface area contributed by atoms with Gasteiger partial charge in [0.25, 0.3) is 5.91 Å². The summed E-state index contributed by atoms with van der Waals surface area (Å²) in [5.74, 6) is -0.193. The van der Waals surface area contributed by atoms with E-state index in [1.807, 2.05) is 12.1 Å². The van der Waals surface area contributed by atoms with Gasteiger partial charge in [-0.05, 0) is 31.2 Å². The van der Waals surface area contributed by atoms with Gasteiger partial charge >= 0.3 is 5.97 Å². The Kier molecular flexibility index (Phi) is 5.83. The number of ether oxygens (including phenoxy) is 2. The third-order valence-corrected chi connectivity index (χ3v) is 5.06. The lowest BCUT2D eigenvalue weighted by atomic mass is 10.2. The molecular formula is C15H14BrNO4S2. The Morgan fingerprint density at radius 1 is 1.43 bits per heavy atom. The maximum Gasteiger partial charge on any atom is 0.328 e. The van der Waals surface area contributed by atoms with Crippen molar-refractivity contribution in [3.05, 3.63) is 33.1 Å². The summed E-state index contributed by atoms with van der Waals surface area (Å²) in [6, 6.07) is 4.73. The average molecular weight is 416 g/mol. The van der Waals surface area contributed by atoms with E-state index >= 15 is 0 Å². The van der Waals surface area contributed by atoms with Crippen molar-refractivity contribution in [2.45, 2.75) is 13.0 Å². The van der Waals surface area contributed by atoms with Crippen LogP contribution >= 0.6 is 39.9 Å². The minimum absolute atomic E-state index is 0.320. The van der Waals surface area contributed by atoms with Gasteiger partial charge in [0, 0.05) is 10.0 Å². The predicted molar refractivity (Wildman–Crippen MR) is 97.2 cm³/mol. The maximum absolute atomic E-state index is 12.6. The zero-order valence-electron chi connectivity index (χ0n) is 12.7. The van der Waals surface area contributed by atoms with E-state index in [1.54, 1.807) is 26.2 Å². The Hall–Kier alpha value is -1.38. The molecule has 1 saturated heterocycles. The number of rotatable bonds is 4. The van der Waals surface area contributed by atoms with E-state index in [1.165, 1.54) is 12.0 Å². The van der Waals surface area contributed by atoms with Gasteiger partial charge in [0.2, 0.25) is 0 Å². The number of carbonyl (C=O) groups excluding carboxylic acids is 2. The van der Waals surface area contributed by atoms with Gasteiger partial charge in [-0.1, -0.05) is 39.9 Å². The summed E-state index contributed by atoms with van der Waals surface area (Å²) in [6.45, 7) is 1.58. The Morgan fingerprint density at radius 2 is 2.13 bits per heavy atom. The summed E-state index contributed by atoms with van der Waals surface area (Å²) in [5, 5.41) is 0. The molecule has 8 heteroatoms. The molecule has 1 aromatic carbocycles. The molecule has 0 aliphatic carbocycles. The van der Waals surface area contributed by atoms with E-state index < -0.39 is 12.0 Å². The number of esters is 1. The molecular weight excluding hydrogens is 402 g/mol. The average Bonchev–Trinajstić information content (AvgIpc) is 2.80. The third-order valence-electron chi connectivity index (χ3n) is 3.23. The van der Waals surface area contributed by atoms with Crippen LogP contribution in [-0.2, 0) is 14.3 Å². The molecule has 1 atom stereocenters. The molecule has 1 fully saturated rings. The Labute approximate surface area is 152 Å². The van der Waals surface area contributed by atoms with Crippen molar-refractivity contribution >= 4 is 62.2 Å². The predicted octanol–water partition coefficient (Wildman–Crippen LogP) is 3.22. The number of thiocarbonyl (C=S) groups is 1. The van der Waals surface area contributed by atoms with Gasteiger partial charge in [0.05, 0.1) is 19.1 Å². The highest BCUT2D eigenvalue weighted by atomic mass is 79.9. The van der Waals surface area contributed by atoms with Crippen LogP contribution in [0.4, 0.5) is 0 Å². The first-order valence-electron chi connectivity index (χ1n) is 6.57. The molecule has 0 radical (unpaired) electrons. The number of hydrogen-bond acceptors (Lipinski definition) is 6. The van der Waals surface area contributed by atoms with Crippen molar-refractivity contribution in [2.24, 2.45) is 0 Å². The highest BCUT2D eigenvalue weighted by Gasteiger charge is 2.38. The molecule has 0 aromatic heterocycles. The van der Waals surface area contributed by atoms with Crippen LogP contribution < -0.4 is 4.74 Å². The number of halogens is 1. The lowest BCUT2D eigenvalue weighted by Gasteiger charge is -2.20. The van der Waals surface area contributed by atoms with Crippen molar-refractivity contribution in [3.63, 3.8) is 0 Å². The first-order chi connectivity index (χ1) is 10.9. The van der Waals surface area contributed by atoms with E-state index in [4.69, 9.17) is 17.0 Å². The quantitative estimate of drug-likeness (QED) is 0.427. The molecule has 1 aliphatic rings. The van der Waals surface area contributed by atoms with E-state index in [0.29, 0.717) is 15.0 Å². The minimum atomic E-state index is -0.761. The summed E-state index contributed by atoms with van der Waals surface area (Å²) in [7, 11) is 2.84. The van der Waals surface area contributed by atoms with Crippen LogP contribution in [0, 0.1) is 0 Å². The molecule has 0 N–H and O–H groups in total. The third kappa shape index (κ3) is 3.76. The number of amides is 1. The number of methoxy groups -OCH3 is 2. The van der Waals surface area contributed by atoms with Gasteiger partial charge in [-0.25, -0.2) is 4.79 Å². The van der Waals surface area contributed by atoms with Crippen molar-refractivity contribution in [2.75, 3.05) is 14.2 Å². The fraction of sp³-hybridized carbons (Fsp3) is 0.267. The highest BCUT2D eigenvalue weighted by Crippen LogP contribution is 2.36. The van der Waals surface area contributed by atoms with Gasteiger partial charge in [0.1, 0.15) is 16.1 Å². The molecule has 23 heavy (non-hydrogen) atoms. The van der Waals surface area contributed by atoms with Crippen LogP contribution in [0.5, 0.6) is 5.75 Å². The zero-order valence-corrected chi connectivity index (χ0v) is 15.9. The number of nitrogens with zero attached hydrogens (tertiary/aromatic N) is 1. The fourth-order valence-electron chi connectivity index (χ4n) is 2.05. The first kappa shape index (κ1) is 18.0. The molecule has 0 saturated carbocycles. The molecule has 0 spiro atoms. The second kappa shape index (κ2) is 7.46. The van der Waals surface area contributed by atoms with Crippen molar-refractivity contribution in [3.8, 4) is 5.75 Å². The largest absolute Gasteiger partial charge is 0.496 e. The Bertz CT molecular complexity index is 705. The highest BCUT2D eigenvalue weighted by molar-refractivity contribution is 9.10. The second-order valence-corrected chi connectivity index (χ2v) is 7.23. The first-order valence-corrected chi connectivity index (χ1v) is 8.59. The fourth-order valence-corrected chi connectivity index (χ4v) is 3.84. The summed E-state index contributed by atoms with van der Waals surface area (Å²) < 4.78 is 11.2. The summed E-state index contributed by atoms with van der Waals surface area (Å²) in [5.41, 5.74) is 0.744. The lowest BCUT2D eigenvalue weighted by molar-refractivity contribution is -0.147. The van der Waals surface area contributed by atoms with E-state index in [0.717, 1.165) is 21.8 Å². The second-order valence-electron chi connectivity index (χ2n) is 4.64. The normalized spacial score (nSPS) is 17.6. The van der Waals surface area contributed by atoms with E-state index in [9.17, 15) is 9.59 Å². The summed E-state index contributed by atoms with van der Waals surface area (Å²) >= 11 is 9.76. The van der Waals surface area contributed by atoms with E-state index in [-0.39, 0.29) is 5.91 Å². The SMILES string of the molecule is COC(=O)C(C)N1C(=O)C(=Cc2cc(Br)ccc2OC)SC1=S. The van der Waals surface area contributed by atoms with Gasteiger partial charge in [-0.2, -0.15) is 0 Å². The van der Waals surface area contributed by atoms with Crippen LogP contribution in [0.2, 0.25) is 0 Å². The molecule has 1 aliphatic heterocycles. The number of benzene rings is 1. The number of hydrogen-bond donors (Lipinski definition) is 0. The maximum atomic E-state index is 12.6. The Balaban J connectivity index is 2.36. The van der Waals surface area contributed by atoms with Crippen LogP contribution in [0.15, 0.2) is 27.6 Å². The molecule has 2 rings (SSSR count). The molecule has 1 aromatic rings. The molecule has 5 nitrogen and oxygen atoms in total. The van der Waals surface area contributed by atoms with Crippen molar-refractivity contribution in [1.29, 1.82) is 0 Å². The molecule has 1 heterocycles. The van der Waals surface area contributed by atoms with Crippen LogP contribution in [0.3, 0.4) is 0 Å². The standard InChI is InChI=1S/C15H14BrNO4S2/c1-8(14(19)21-3)17-13(18)12(23-15(17)22)7-9-6-10(16)4-5-11(9)20-2/h4-8H,1-3H3. The van der Waals surface area contributed by atoms with Crippen LogP contribution in [0.1, 0.15) is 12.5 Å². The molecule has 1 amide bonds. The molecule has 0 bridgehead atoms. The number of thioether (sulfide) groups is 1. The topological polar surface area (TPSA) is 55.8 Å². The van der Waals surface area contributed by atoms with Gasteiger partial charge < -0.3 is 9.47 Å². The van der Waals surface area contributed by atoms with Crippen LogP contribution in [0.25, 0.3) is 6.08 Å². The Morgan fingerprint density at radius 3 is 2.74 bits per heavy atom. The summed E-state index contributed by atoms with van der Waals surface area (Å²) in [6.07, 6.45) is 1.70. The van der Waals surface area contributed by atoms with Gasteiger partial charge in [-0.15, -0.1) is 0 Å². The minimum Gasteiger partial charge on any atom is -0.496 e. The van der Waals surface area contributed by atoms with Crippen LogP contribution in [-0.4, -0.2) is 41.4 Å². The molecule has 122 valence electrons. The smallest absolute Gasteiger partial charge is 0.328 e. The zero-order chi connectivity index (χ0) is 17.1. The monoisotopic (exact) mass is 415 g/mol.